The maximum atomic E-state index is 11.7. The van der Waals surface area contributed by atoms with E-state index in [1.54, 1.807) is 0 Å². The van der Waals surface area contributed by atoms with E-state index in [0.717, 1.165) is 5.56 Å². The number of aryl methyl sites for hydroxylation is 1. The van der Waals surface area contributed by atoms with Crippen molar-refractivity contribution in [3.05, 3.63) is 57.9 Å². The van der Waals surface area contributed by atoms with E-state index in [0.29, 0.717) is 12.4 Å². The SMILES string of the molecule is COc1ccc(=O)n(CC(N)c2ccc(C)cc2)n1. The highest BCUT2D eigenvalue weighted by molar-refractivity contribution is 5.23. The van der Waals surface area contributed by atoms with Crippen LogP contribution in [0.2, 0.25) is 0 Å². The van der Waals surface area contributed by atoms with Gasteiger partial charge in [-0.3, -0.25) is 4.79 Å². The second kappa shape index (κ2) is 5.67. The maximum absolute atomic E-state index is 11.7. The van der Waals surface area contributed by atoms with Gasteiger partial charge in [-0.2, -0.15) is 0 Å². The lowest BCUT2D eigenvalue weighted by atomic mass is 10.1. The van der Waals surface area contributed by atoms with Crippen LogP contribution < -0.4 is 16.0 Å². The summed E-state index contributed by atoms with van der Waals surface area (Å²) < 4.78 is 6.32. The fourth-order valence-electron chi connectivity index (χ4n) is 1.78. The molecule has 1 unspecified atom stereocenters. The standard InChI is InChI=1S/C14H17N3O2/c1-10-3-5-11(6-4-10)12(15)9-17-14(18)8-7-13(16-17)19-2/h3-8,12H,9,15H2,1-2H3. The van der Waals surface area contributed by atoms with E-state index >= 15 is 0 Å². The fraction of sp³-hybridized carbons (Fsp3) is 0.286. The molecule has 0 aliphatic heterocycles. The number of nitrogens with two attached hydrogens (primary N) is 1. The van der Waals surface area contributed by atoms with Gasteiger partial charge in [0.1, 0.15) is 0 Å². The van der Waals surface area contributed by atoms with Crippen molar-refractivity contribution < 1.29 is 4.74 Å². The molecule has 0 fully saturated rings. The first kappa shape index (κ1) is 13.3. The molecule has 1 aromatic carbocycles. The zero-order chi connectivity index (χ0) is 13.8. The zero-order valence-electron chi connectivity index (χ0n) is 11.0. The lowest BCUT2D eigenvalue weighted by molar-refractivity contribution is 0.370. The highest BCUT2D eigenvalue weighted by Crippen LogP contribution is 2.13. The number of methoxy groups -OCH3 is 1. The number of hydrogen-bond donors (Lipinski definition) is 1. The molecule has 0 spiro atoms. The Kier molecular flexibility index (Phi) is 3.97. The van der Waals surface area contributed by atoms with Crippen molar-refractivity contribution in [3.63, 3.8) is 0 Å². The molecule has 0 amide bonds. The van der Waals surface area contributed by atoms with Crippen molar-refractivity contribution in [2.75, 3.05) is 7.11 Å². The van der Waals surface area contributed by atoms with Crippen LogP contribution in [0.5, 0.6) is 5.88 Å². The summed E-state index contributed by atoms with van der Waals surface area (Å²) in [7, 11) is 1.51. The lowest BCUT2D eigenvalue weighted by Gasteiger charge is -2.13. The molecule has 19 heavy (non-hydrogen) atoms. The summed E-state index contributed by atoms with van der Waals surface area (Å²) >= 11 is 0. The molecule has 2 aromatic rings. The Morgan fingerprint density at radius 2 is 1.95 bits per heavy atom. The van der Waals surface area contributed by atoms with Crippen molar-refractivity contribution >= 4 is 0 Å². The molecule has 100 valence electrons. The molecule has 5 nitrogen and oxygen atoms in total. The Bertz CT molecular complexity index is 605. The first-order valence-electron chi connectivity index (χ1n) is 6.04. The minimum absolute atomic E-state index is 0.191. The molecule has 1 atom stereocenters. The average Bonchev–Trinajstić information content (AvgIpc) is 2.42. The summed E-state index contributed by atoms with van der Waals surface area (Å²) in [6.07, 6.45) is 0. The van der Waals surface area contributed by atoms with Crippen LogP contribution in [0.15, 0.2) is 41.2 Å². The topological polar surface area (TPSA) is 70.1 Å². The van der Waals surface area contributed by atoms with Gasteiger partial charge < -0.3 is 10.5 Å². The van der Waals surface area contributed by atoms with Crippen LogP contribution in [0.3, 0.4) is 0 Å². The molecule has 0 aliphatic rings. The first-order chi connectivity index (χ1) is 9.10. The van der Waals surface area contributed by atoms with Gasteiger partial charge in [0.2, 0.25) is 5.88 Å². The monoisotopic (exact) mass is 259 g/mol. The first-order valence-corrected chi connectivity index (χ1v) is 6.04. The molecule has 0 bridgehead atoms. The Hall–Kier alpha value is -2.14. The summed E-state index contributed by atoms with van der Waals surface area (Å²) in [6.45, 7) is 2.34. The van der Waals surface area contributed by atoms with Crippen molar-refractivity contribution in [1.29, 1.82) is 0 Å². The molecule has 2 N–H and O–H groups in total. The number of rotatable bonds is 4. The predicted molar refractivity (Wildman–Crippen MR) is 73.2 cm³/mol. The van der Waals surface area contributed by atoms with Gasteiger partial charge in [-0.1, -0.05) is 29.8 Å². The summed E-state index contributed by atoms with van der Waals surface area (Å²) in [5.74, 6) is 0.399. The van der Waals surface area contributed by atoms with E-state index in [4.69, 9.17) is 10.5 Å². The van der Waals surface area contributed by atoms with Crippen LogP contribution in [-0.2, 0) is 6.54 Å². The van der Waals surface area contributed by atoms with Crippen molar-refractivity contribution in [2.45, 2.75) is 19.5 Å². The Labute approximate surface area is 111 Å². The molecule has 0 saturated heterocycles. The van der Waals surface area contributed by atoms with Gasteiger partial charge in [0.15, 0.2) is 0 Å². The number of benzene rings is 1. The van der Waals surface area contributed by atoms with Gasteiger partial charge in [-0.15, -0.1) is 5.10 Å². The van der Waals surface area contributed by atoms with Gasteiger partial charge in [-0.25, -0.2) is 4.68 Å². The number of nitrogens with zero attached hydrogens (tertiary/aromatic N) is 2. The maximum Gasteiger partial charge on any atom is 0.267 e. The third-order valence-corrected chi connectivity index (χ3v) is 2.93. The minimum Gasteiger partial charge on any atom is -0.480 e. The highest BCUT2D eigenvalue weighted by Gasteiger charge is 2.09. The second-order valence-electron chi connectivity index (χ2n) is 4.41. The van der Waals surface area contributed by atoms with Gasteiger partial charge >= 0.3 is 0 Å². The molecule has 1 aromatic heterocycles. The van der Waals surface area contributed by atoms with Crippen LogP contribution in [0.25, 0.3) is 0 Å². The molecule has 0 saturated carbocycles. The molecule has 0 aliphatic carbocycles. The van der Waals surface area contributed by atoms with Crippen molar-refractivity contribution in [3.8, 4) is 5.88 Å². The second-order valence-corrected chi connectivity index (χ2v) is 4.41. The van der Waals surface area contributed by atoms with E-state index in [-0.39, 0.29) is 11.6 Å². The van der Waals surface area contributed by atoms with E-state index in [1.165, 1.54) is 29.5 Å². The van der Waals surface area contributed by atoms with Crippen LogP contribution in [0, 0.1) is 6.92 Å². The van der Waals surface area contributed by atoms with Crippen LogP contribution in [0.1, 0.15) is 17.2 Å². The Morgan fingerprint density at radius 3 is 2.58 bits per heavy atom. The molecule has 1 heterocycles. The third kappa shape index (κ3) is 3.20. The van der Waals surface area contributed by atoms with E-state index in [2.05, 4.69) is 5.10 Å². The van der Waals surface area contributed by atoms with E-state index in [1.807, 2.05) is 31.2 Å². The molecule has 2 rings (SSSR count). The highest BCUT2D eigenvalue weighted by atomic mass is 16.5. The summed E-state index contributed by atoms with van der Waals surface area (Å²) in [6, 6.07) is 10.6. The van der Waals surface area contributed by atoms with E-state index in [9.17, 15) is 4.79 Å². The van der Waals surface area contributed by atoms with Crippen LogP contribution >= 0.6 is 0 Å². The Balaban J connectivity index is 2.20. The van der Waals surface area contributed by atoms with E-state index < -0.39 is 0 Å². The molecule has 5 heteroatoms. The summed E-state index contributed by atoms with van der Waals surface area (Å²) in [5, 5.41) is 4.08. The molecular weight excluding hydrogens is 242 g/mol. The van der Waals surface area contributed by atoms with Gasteiger partial charge in [0.05, 0.1) is 13.7 Å². The average molecular weight is 259 g/mol. The van der Waals surface area contributed by atoms with Gasteiger partial charge in [0.25, 0.3) is 5.56 Å². The minimum atomic E-state index is -0.280. The molecular formula is C14H17N3O2. The third-order valence-electron chi connectivity index (χ3n) is 2.93. The Morgan fingerprint density at radius 1 is 1.26 bits per heavy atom. The predicted octanol–water partition coefficient (Wildman–Crippen LogP) is 1.26. The normalized spacial score (nSPS) is 12.2. The van der Waals surface area contributed by atoms with Gasteiger partial charge in [0, 0.05) is 18.2 Å². The smallest absolute Gasteiger partial charge is 0.267 e. The number of hydrogen-bond acceptors (Lipinski definition) is 4. The van der Waals surface area contributed by atoms with Gasteiger partial charge in [-0.05, 0) is 12.5 Å². The van der Waals surface area contributed by atoms with Crippen molar-refractivity contribution in [1.82, 2.24) is 9.78 Å². The van der Waals surface area contributed by atoms with Crippen LogP contribution in [-0.4, -0.2) is 16.9 Å². The zero-order valence-corrected chi connectivity index (χ0v) is 11.0. The number of aromatic nitrogens is 2. The summed E-state index contributed by atoms with van der Waals surface area (Å²) in [4.78, 5) is 11.7. The number of ether oxygens (including phenoxy) is 1. The fourth-order valence-corrected chi connectivity index (χ4v) is 1.78. The quantitative estimate of drug-likeness (QED) is 0.897. The van der Waals surface area contributed by atoms with Crippen molar-refractivity contribution in [2.24, 2.45) is 5.73 Å². The molecule has 0 radical (unpaired) electrons. The lowest BCUT2D eigenvalue weighted by Crippen LogP contribution is -2.28. The summed E-state index contributed by atoms with van der Waals surface area (Å²) in [5.41, 5.74) is 8.05. The largest absolute Gasteiger partial charge is 0.480 e. The van der Waals surface area contributed by atoms with Crippen LogP contribution in [0.4, 0.5) is 0 Å².